The topological polar surface area (TPSA) is 81.4 Å². The second-order valence-corrected chi connectivity index (χ2v) is 3.45. The Morgan fingerprint density at radius 1 is 1.47 bits per heavy atom. The van der Waals surface area contributed by atoms with Crippen molar-refractivity contribution in [1.29, 1.82) is 0 Å². The van der Waals surface area contributed by atoms with Crippen molar-refractivity contribution in [2.75, 3.05) is 5.32 Å². The first-order chi connectivity index (χ1) is 7.04. The van der Waals surface area contributed by atoms with Gasteiger partial charge < -0.3 is 15.8 Å². The minimum Gasteiger partial charge on any atom is -0.466 e. The lowest BCUT2D eigenvalue weighted by Gasteiger charge is -2.31. The van der Waals surface area contributed by atoms with Crippen LogP contribution >= 0.6 is 0 Å². The number of anilines is 1. The molecule has 1 aromatic rings. The van der Waals surface area contributed by atoms with Gasteiger partial charge in [0.2, 0.25) is 0 Å². The second-order valence-electron chi connectivity index (χ2n) is 3.45. The molecule has 0 bridgehead atoms. The van der Waals surface area contributed by atoms with E-state index in [1.807, 2.05) is 0 Å². The zero-order valence-corrected chi connectivity index (χ0v) is 8.11. The van der Waals surface area contributed by atoms with Gasteiger partial charge in [-0.25, -0.2) is 0 Å². The average Bonchev–Trinajstić information content (AvgIpc) is 2.19. The third-order valence-electron chi connectivity index (χ3n) is 2.35. The number of benzene rings is 1. The highest BCUT2D eigenvalue weighted by molar-refractivity contribution is 6.14. The predicted octanol–water partition coefficient (Wildman–Crippen LogP) is 0.261. The van der Waals surface area contributed by atoms with Gasteiger partial charge in [0.25, 0.3) is 17.4 Å². The minimum atomic E-state index is -1.63. The summed E-state index contributed by atoms with van der Waals surface area (Å²) in [6, 6.07) is 6.86. The van der Waals surface area contributed by atoms with Gasteiger partial charge in [-0.2, -0.15) is 0 Å². The molecule has 0 radical (unpaired) electrons. The Balaban J connectivity index is 2.46. The summed E-state index contributed by atoms with van der Waals surface area (Å²) in [5.74, 6) is -0.915. The molecule has 0 spiro atoms. The van der Waals surface area contributed by atoms with Gasteiger partial charge in [-0.15, -0.1) is 0 Å². The Kier molecular flexibility index (Phi) is 1.89. The van der Waals surface area contributed by atoms with E-state index in [9.17, 15) is 9.59 Å². The van der Waals surface area contributed by atoms with Crippen LogP contribution in [0.15, 0.2) is 24.3 Å². The van der Waals surface area contributed by atoms with Crippen molar-refractivity contribution >= 4 is 17.5 Å². The second kappa shape index (κ2) is 2.98. The summed E-state index contributed by atoms with van der Waals surface area (Å²) in [6.45, 7) is 1.35. The number of carbonyl (C=O) groups excluding carboxylic acids is 2. The minimum absolute atomic E-state index is 0.443. The number of para-hydroxylation sites is 2. The molecule has 5 heteroatoms. The van der Waals surface area contributed by atoms with E-state index in [-0.39, 0.29) is 0 Å². The number of rotatable bonds is 1. The lowest BCUT2D eigenvalue weighted by atomic mass is 10.0. The van der Waals surface area contributed by atoms with Crippen LogP contribution in [0.25, 0.3) is 0 Å². The van der Waals surface area contributed by atoms with Gasteiger partial charge in [-0.05, 0) is 19.1 Å². The third-order valence-corrected chi connectivity index (χ3v) is 2.35. The Labute approximate surface area is 86.2 Å². The zero-order chi connectivity index (χ0) is 11.1. The van der Waals surface area contributed by atoms with Gasteiger partial charge in [0.15, 0.2) is 0 Å². The molecule has 0 fully saturated rings. The molecule has 1 unspecified atom stereocenters. The predicted molar refractivity (Wildman–Crippen MR) is 53.3 cm³/mol. The van der Waals surface area contributed by atoms with Crippen molar-refractivity contribution in [2.24, 2.45) is 5.73 Å². The Morgan fingerprint density at radius 3 is 2.80 bits per heavy atom. The van der Waals surface area contributed by atoms with Crippen LogP contribution in [-0.4, -0.2) is 17.4 Å². The molecule has 0 aromatic heterocycles. The first-order valence-corrected chi connectivity index (χ1v) is 4.43. The monoisotopic (exact) mass is 206 g/mol. The molecule has 3 N–H and O–H groups in total. The zero-order valence-electron chi connectivity index (χ0n) is 8.11. The van der Waals surface area contributed by atoms with Gasteiger partial charge in [-0.3, -0.25) is 9.59 Å². The number of amides is 2. The molecule has 1 heterocycles. The first-order valence-electron chi connectivity index (χ1n) is 4.43. The van der Waals surface area contributed by atoms with Crippen LogP contribution in [0.3, 0.4) is 0 Å². The van der Waals surface area contributed by atoms with E-state index in [0.717, 1.165) is 0 Å². The maximum Gasteiger partial charge on any atom is 0.278 e. The van der Waals surface area contributed by atoms with E-state index in [4.69, 9.17) is 10.5 Å². The summed E-state index contributed by atoms with van der Waals surface area (Å²) in [5.41, 5.74) is 4.04. The van der Waals surface area contributed by atoms with Gasteiger partial charge >= 0.3 is 0 Å². The average molecular weight is 206 g/mol. The fourth-order valence-corrected chi connectivity index (χ4v) is 1.33. The molecule has 1 aliphatic heterocycles. The van der Waals surface area contributed by atoms with Crippen LogP contribution in [0, 0.1) is 0 Å². The van der Waals surface area contributed by atoms with E-state index in [0.29, 0.717) is 11.4 Å². The highest BCUT2D eigenvalue weighted by atomic mass is 16.5. The Hall–Kier alpha value is -2.04. The number of fused-ring (bicyclic) bond motifs is 1. The standard InChI is InChI=1S/C10H10N2O3/c1-10(8(11)13)9(14)12-6-4-2-3-5-7(6)15-10/h2-5H,1H3,(H2,11,13)(H,12,14). The number of nitrogens with two attached hydrogens (primary N) is 1. The van der Waals surface area contributed by atoms with Gasteiger partial charge in [-0.1, -0.05) is 12.1 Å². The Morgan fingerprint density at radius 2 is 2.13 bits per heavy atom. The van der Waals surface area contributed by atoms with Crippen molar-refractivity contribution < 1.29 is 14.3 Å². The maximum atomic E-state index is 11.6. The summed E-state index contributed by atoms with van der Waals surface area (Å²) in [4.78, 5) is 22.7. The molecule has 1 atom stereocenters. The summed E-state index contributed by atoms with van der Waals surface area (Å²) >= 11 is 0. The molecule has 5 nitrogen and oxygen atoms in total. The lowest BCUT2D eigenvalue weighted by Crippen LogP contribution is -2.57. The lowest BCUT2D eigenvalue weighted by molar-refractivity contribution is -0.144. The van der Waals surface area contributed by atoms with Crippen molar-refractivity contribution in [2.45, 2.75) is 12.5 Å². The molecular weight excluding hydrogens is 196 g/mol. The molecule has 0 saturated heterocycles. The SMILES string of the molecule is CC1(C(N)=O)Oc2ccccc2NC1=O. The highest BCUT2D eigenvalue weighted by Crippen LogP contribution is 2.32. The van der Waals surface area contributed by atoms with Crippen LogP contribution in [0.1, 0.15) is 6.92 Å². The van der Waals surface area contributed by atoms with E-state index in [1.54, 1.807) is 24.3 Å². The number of carbonyl (C=O) groups is 2. The number of ether oxygens (including phenoxy) is 1. The highest BCUT2D eigenvalue weighted by Gasteiger charge is 2.45. The van der Waals surface area contributed by atoms with Crippen LogP contribution in [0.2, 0.25) is 0 Å². The fourth-order valence-electron chi connectivity index (χ4n) is 1.33. The van der Waals surface area contributed by atoms with E-state index in [1.165, 1.54) is 6.92 Å². The molecular formula is C10H10N2O3. The first kappa shape index (κ1) is 9.51. The third kappa shape index (κ3) is 1.32. The smallest absolute Gasteiger partial charge is 0.278 e. The van der Waals surface area contributed by atoms with E-state index in [2.05, 4.69) is 5.32 Å². The largest absolute Gasteiger partial charge is 0.466 e. The molecule has 1 aliphatic rings. The van der Waals surface area contributed by atoms with E-state index >= 15 is 0 Å². The Bertz CT molecular complexity index is 444. The van der Waals surface area contributed by atoms with Crippen LogP contribution in [0.4, 0.5) is 5.69 Å². The molecule has 0 aliphatic carbocycles. The van der Waals surface area contributed by atoms with Gasteiger partial charge in [0, 0.05) is 0 Å². The van der Waals surface area contributed by atoms with E-state index < -0.39 is 17.4 Å². The maximum absolute atomic E-state index is 11.6. The summed E-state index contributed by atoms with van der Waals surface area (Å²) in [5, 5.41) is 2.57. The number of nitrogens with one attached hydrogen (secondary N) is 1. The van der Waals surface area contributed by atoms with Crippen molar-refractivity contribution in [1.82, 2.24) is 0 Å². The summed E-state index contributed by atoms with van der Waals surface area (Å²) in [6.07, 6.45) is 0. The number of hydrogen-bond donors (Lipinski definition) is 2. The van der Waals surface area contributed by atoms with Crippen LogP contribution in [0.5, 0.6) is 5.75 Å². The normalized spacial score (nSPS) is 23.7. The quantitative estimate of drug-likeness (QED) is 0.647. The van der Waals surface area contributed by atoms with Gasteiger partial charge in [0.05, 0.1) is 5.69 Å². The molecule has 2 rings (SSSR count). The molecule has 1 aromatic carbocycles. The molecule has 15 heavy (non-hydrogen) atoms. The van der Waals surface area contributed by atoms with Crippen molar-refractivity contribution in [3.05, 3.63) is 24.3 Å². The molecule has 78 valence electrons. The summed E-state index contributed by atoms with van der Waals surface area (Å²) in [7, 11) is 0. The summed E-state index contributed by atoms with van der Waals surface area (Å²) < 4.78 is 5.31. The van der Waals surface area contributed by atoms with Crippen molar-refractivity contribution in [3.63, 3.8) is 0 Å². The molecule has 2 amide bonds. The number of hydrogen-bond acceptors (Lipinski definition) is 3. The molecule has 0 saturated carbocycles. The van der Waals surface area contributed by atoms with Crippen LogP contribution in [-0.2, 0) is 9.59 Å². The van der Waals surface area contributed by atoms with Crippen LogP contribution < -0.4 is 15.8 Å². The van der Waals surface area contributed by atoms with Crippen molar-refractivity contribution in [3.8, 4) is 5.75 Å². The van der Waals surface area contributed by atoms with Gasteiger partial charge in [0.1, 0.15) is 5.75 Å². The fraction of sp³-hybridized carbons (Fsp3) is 0.200. The number of primary amides is 1.